The average molecular weight is 689 g/mol. The molecule has 5 heteroatoms. The van der Waals surface area contributed by atoms with E-state index in [1.165, 1.54) is 33.4 Å². The first-order chi connectivity index (χ1) is 23.0. The molecule has 4 aromatic carbocycles. The van der Waals surface area contributed by atoms with E-state index in [1.807, 2.05) is 0 Å². The molecule has 6 bridgehead atoms. The van der Waals surface area contributed by atoms with E-state index in [-0.39, 0.29) is 21.7 Å². The summed E-state index contributed by atoms with van der Waals surface area (Å²) in [5.74, 6) is 2.94. The van der Waals surface area contributed by atoms with Gasteiger partial charge in [-0.2, -0.15) is 0 Å². The van der Waals surface area contributed by atoms with Crippen molar-refractivity contribution in [3.05, 3.63) is 115 Å². The molecule has 4 aromatic rings. The summed E-state index contributed by atoms with van der Waals surface area (Å²) in [5, 5.41) is 12.2. The average Bonchev–Trinajstić information content (AvgIpc) is 2.95. The van der Waals surface area contributed by atoms with Crippen LogP contribution in [0.25, 0.3) is 0 Å². The lowest BCUT2D eigenvalue weighted by molar-refractivity contribution is 0.259. The summed E-state index contributed by atoms with van der Waals surface area (Å²) in [6.45, 7) is 29.3. The lowest BCUT2D eigenvalue weighted by atomic mass is 9.79. The molecule has 0 saturated heterocycles. The zero-order valence-electron chi connectivity index (χ0n) is 32.6. The summed E-state index contributed by atoms with van der Waals surface area (Å²) in [6.07, 6.45) is 2.45. The molecular formula is C45H56O4Si. The Balaban J connectivity index is 1.64. The minimum atomic E-state index is -3.44. The summed E-state index contributed by atoms with van der Waals surface area (Å²) >= 11 is 0. The van der Waals surface area contributed by atoms with Gasteiger partial charge in [0.15, 0.2) is 0 Å². The van der Waals surface area contributed by atoms with Gasteiger partial charge in [-0.25, -0.2) is 0 Å². The van der Waals surface area contributed by atoms with E-state index in [0.29, 0.717) is 31.4 Å². The number of phenols is 1. The predicted molar refractivity (Wildman–Crippen MR) is 207 cm³/mol. The molecule has 0 fully saturated rings. The molecule has 0 aromatic heterocycles. The molecule has 0 amide bonds. The molecule has 0 atom stereocenters. The first kappa shape index (κ1) is 34.7. The van der Waals surface area contributed by atoms with Gasteiger partial charge in [0.2, 0.25) is 0 Å². The smallest absolute Gasteiger partial charge is 0.507 e. The van der Waals surface area contributed by atoms with Crippen LogP contribution in [-0.4, -0.2) is 13.9 Å². The van der Waals surface area contributed by atoms with Crippen molar-refractivity contribution >= 4 is 8.80 Å². The zero-order chi connectivity index (χ0) is 36.3. The summed E-state index contributed by atoms with van der Waals surface area (Å²) in [7, 11) is -3.44. The molecule has 3 aliphatic rings. The second kappa shape index (κ2) is 11.1. The molecule has 3 aliphatic heterocycles. The van der Waals surface area contributed by atoms with E-state index in [0.717, 1.165) is 50.6 Å². The van der Waals surface area contributed by atoms with E-state index in [4.69, 9.17) is 13.3 Å². The van der Waals surface area contributed by atoms with Crippen molar-refractivity contribution in [2.24, 2.45) is 0 Å². The van der Waals surface area contributed by atoms with Gasteiger partial charge in [-0.1, -0.05) is 132 Å². The second-order valence-corrected chi connectivity index (χ2v) is 21.7. The highest BCUT2D eigenvalue weighted by atomic mass is 28.4. The fraction of sp³-hybridized carbons (Fsp3) is 0.467. The van der Waals surface area contributed by atoms with Crippen LogP contribution in [0.5, 0.6) is 23.0 Å². The molecule has 3 heterocycles. The van der Waals surface area contributed by atoms with Crippen molar-refractivity contribution in [2.75, 3.05) is 0 Å². The molecule has 0 aliphatic carbocycles. The largest absolute Gasteiger partial charge is 0.696 e. The highest BCUT2D eigenvalue weighted by molar-refractivity contribution is 6.61. The van der Waals surface area contributed by atoms with Crippen LogP contribution in [0, 0.1) is 0 Å². The van der Waals surface area contributed by atoms with Crippen molar-refractivity contribution in [1.82, 2.24) is 0 Å². The first-order valence-corrected chi connectivity index (χ1v) is 20.6. The third-order valence-electron chi connectivity index (χ3n) is 10.8. The maximum absolute atomic E-state index is 12.2. The summed E-state index contributed by atoms with van der Waals surface area (Å²) < 4.78 is 21.7. The van der Waals surface area contributed by atoms with Gasteiger partial charge in [0.05, 0.1) is 0 Å². The number of aromatic hydroxyl groups is 1. The number of fused-ring (bicyclic) bond motifs is 2. The number of hydrogen-bond donors (Lipinski definition) is 1. The van der Waals surface area contributed by atoms with Crippen LogP contribution in [0.15, 0.2) is 48.5 Å². The Morgan fingerprint density at radius 3 is 0.820 bits per heavy atom. The van der Waals surface area contributed by atoms with E-state index < -0.39 is 8.80 Å². The topological polar surface area (TPSA) is 47.9 Å². The lowest BCUT2D eigenvalue weighted by Gasteiger charge is -2.38. The van der Waals surface area contributed by atoms with Crippen molar-refractivity contribution in [2.45, 2.75) is 137 Å². The molecule has 7 rings (SSSR count). The molecule has 0 unspecified atom stereocenters. The maximum Gasteiger partial charge on any atom is 0.696 e. The summed E-state index contributed by atoms with van der Waals surface area (Å²) in [5.41, 5.74) is 13.3. The van der Waals surface area contributed by atoms with Crippen molar-refractivity contribution in [3.63, 3.8) is 0 Å². The molecule has 1 N–H and O–H groups in total. The Morgan fingerprint density at radius 1 is 0.400 bits per heavy atom. The monoisotopic (exact) mass is 688 g/mol. The predicted octanol–water partition coefficient (Wildman–Crippen LogP) is 11.0. The Labute approximate surface area is 301 Å². The SMILES string of the molecule is CC(C)(C)c1cc2c(O)c(c1)Cc1cc(C(C)(C)C)cc3c1O[Si]1(C)Oc4c(cc(C(C)(C)C)cc4Cc4cc(C(C)(C)C)cc(c4O1)C3)C2. The van der Waals surface area contributed by atoms with E-state index in [2.05, 4.69) is 138 Å². The number of rotatable bonds is 0. The second-order valence-electron chi connectivity index (χ2n) is 19.4. The first-order valence-electron chi connectivity index (χ1n) is 18.4. The Morgan fingerprint density at radius 2 is 0.600 bits per heavy atom. The fourth-order valence-corrected chi connectivity index (χ4v) is 9.67. The highest BCUT2D eigenvalue weighted by Gasteiger charge is 2.48. The Bertz CT molecular complexity index is 1920. The van der Waals surface area contributed by atoms with Crippen molar-refractivity contribution < 1.29 is 18.4 Å². The Hall–Kier alpha value is -3.70. The van der Waals surface area contributed by atoms with Crippen LogP contribution < -0.4 is 13.3 Å². The van der Waals surface area contributed by atoms with Gasteiger partial charge in [0.25, 0.3) is 0 Å². The normalized spacial score (nSPS) is 16.5. The molecule has 50 heavy (non-hydrogen) atoms. The molecule has 264 valence electrons. The van der Waals surface area contributed by atoms with Crippen molar-refractivity contribution in [1.29, 1.82) is 0 Å². The van der Waals surface area contributed by atoms with Crippen LogP contribution in [0.3, 0.4) is 0 Å². The van der Waals surface area contributed by atoms with E-state index >= 15 is 0 Å². The van der Waals surface area contributed by atoms with Gasteiger partial charge >= 0.3 is 8.80 Å². The van der Waals surface area contributed by atoms with E-state index in [1.54, 1.807) is 0 Å². The molecular weight excluding hydrogens is 633 g/mol. The van der Waals surface area contributed by atoms with Crippen molar-refractivity contribution in [3.8, 4) is 23.0 Å². The standard InChI is InChI=1S/C45H56O4Si/c1-42(2,3)34-18-26-14-28-20-35(43(4,5)6)22-30-16-32-24-37(45(10,11)12)25-33-17-31-23-36(44(7,8)9)21-29(15-27(19-34)38(26)46)40(31)48-50(13,47-39(28)30)49-41(32)33/h18-25,46H,14-17H2,1-13H3. The highest BCUT2D eigenvalue weighted by Crippen LogP contribution is 2.48. The summed E-state index contributed by atoms with van der Waals surface area (Å²) in [4.78, 5) is 0. The molecule has 0 spiro atoms. The third-order valence-corrected chi connectivity index (χ3v) is 12.6. The number of benzene rings is 4. The van der Waals surface area contributed by atoms with Gasteiger partial charge < -0.3 is 18.4 Å². The van der Waals surface area contributed by atoms with Crippen LogP contribution in [-0.2, 0) is 47.3 Å². The summed E-state index contributed by atoms with van der Waals surface area (Å²) in [6, 6.07) is 18.4. The molecule has 0 saturated carbocycles. The van der Waals surface area contributed by atoms with Crippen LogP contribution in [0.2, 0.25) is 6.55 Å². The third kappa shape index (κ3) is 6.25. The fourth-order valence-electron chi connectivity index (χ4n) is 7.65. The quantitative estimate of drug-likeness (QED) is 0.165. The molecule has 4 nitrogen and oxygen atoms in total. The number of phenolic OH excluding ortho intramolecular Hbond substituents is 1. The van der Waals surface area contributed by atoms with Gasteiger partial charge in [-0.05, 0) is 88.4 Å². The lowest BCUT2D eigenvalue weighted by Crippen LogP contribution is -2.54. The van der Waals surface area contributed by atoms with Gasteiger partial charge in [0, 0.05) is 32.2 Å². The van der Waals surface area contributed by atoms with Crippen LogP contribution in [0.4, 0.5) is 0 Å². The minimum absolute atomic E-state index is 0.0433. The van der Waals surface area contributed by atoms with Gasteiger partial charge in [-0.3, -0.25) is 0 Å². The van der Waals surface area contributed by atoms with Gasteiger partial charge in [0.1, 0.15) is 23.0 Å². The van der Waals surface area contributed by atoms with Crippen LogP contribution >= 0.6 is 0 Å². The maximum atomic E-state index is 12.2. The van der Waals surface area contributed by atoms with Crippen LogP contribution in [0.1, 0.15) is 150 Å². The van der Waals surface area contributed by atoms with Gasteiger partial charge in [-0.15, -0.1) is 0 Å². The minimum Gasteiger partial charge on any atom is -0.507 e. The molecule has 0 radical (unpaired) electrons. The number of hydrogen-bond acceptors (Lipinski definition) is 4. The van der Waals surface area contributed by atoms with E-state index in [9.17, 15) is 5.11 Å². The Kier molecular flexibility index (Phi) is 7.74. The zero-order valence-corrected chi connectivity index (χ0v) is 33.6.